The second-order valence-corrected chi connectivity index (χ2v) is 10.2. The number of aromatic hydroxyl groups is 2. The molecule has 3 aliphatic rings. The normalized spacial score (nSPS) is 21.2. The molecule has 1 aromatic carbocycles. The first-order valence-electron chi connectivity index (χ1n) is 13.2. The van der Waals surface area contributed by atoms with Crippen LogP contribution in [0.3, 0.4) is 0 Å². The van der Waals surface area contributed by atoms with Gasteiger partial charge in [0, 0.05) is 68.0 Å². The molecule has 8 heteroatoms. The van der Waals surface area contributed by atoms with E-state index in [9.17, 15) is 15.0 Å². The van der Waals surface area contributed by atoms with Crippen molar-refractivity contribution in [2.45, 2.75) is 30.9 Å². The van der Waals surface area contributed by atoms with Crippen LogP contribution in [-0.4, -0.2) is 69.5 Å². The van der Waals surface area contributed by atoms with Gasteiger partial charge in [0.2, 0.25) is 0 Å². The number of piperazine rings is 1. The molecule has 3 aromatic rings. The third-order valence-electron chi connectivity index (χ3n) is 7.80. The van der Waals surface area contributed by atoms with E-state index in [4.69, 9.17) is 4.74 Å². The molecule has 2 bridgehead atoms. The summed E-state index contributed by atoms with van der Waals surface area (Å²) in [5.74, 6) is 0.936. The van der Waals surface area contributed by atoms with Gasteiger partial charge in [0.25, 0.3) is 0 Å². The average molecular weight is 513 g/mol. The van der Waals surface area contributed by atoms with E-state index in [0.717, 1.165) is 55.1 Å². The number of pyridine rings is 1. The number of esters is 1. The van der Waals surface area contributed by atoms with E-state index >= 15 is 0 Å². The van der Waals surface area contributed by atoms with E-state index in [2.05, 4.69) is 26.9 Å². The molecule has 6 rings (SSSR count). The molecule has 2 aliphatic carbocycles. The number of hydrogen-bond acceptors (Lipinski definition) is 7. The summed E-state index contributed by atoms with van der Waals surface area (Å²) in [6.45, 7) is 3.88. The van der Waals surface area contributed by atoms with Gasteiger partial charge in [-0.15, -0.1) is 0 Å². The first-order chi connectivity index (χ1) is 18.6. The van der Waals surface area contributed by atoms with Crippen LogP contribution in [0.25, 0.3) is 6.08 Å². The minimum absolute atomic E-state index is 0.0789. The van der Waals surface area contributed by atoms with Crippen LogP contribution in [0.2, 0.25) is 0 Å². The molecule has 1 fully saturated rings. The van der Waals surface area contributed by atoms with Crippen molar-refractivity contribution in [1.29, 1.82) is 0 Å². The number of anilines is 1. The van der Waals surface area contributed by atoms with Crippen LogP contribution in [0.4, 0.5) is 5.82 Å². The molecule has 2 unspecified atom stereocenters. The maximum absolute atomic E-state index is 12.8. The summed E-state index contributed by atoms with van der Waals surface area (Å²) < 4.78 is 7.43. The number of carbonyl (C=O) groups excluding carboxylic acids is 1. The van der Waals surface area contributed by atoms with Crippen molar-refractivity contribution >= 4 is 17.9 Å². The van der Waals surface area contributed by atoms with Crippen LogP contribution in [0.15, 0.2) is 73.0 Å². The third kappa shape index (κ3) is 4.79. The molecular weight excluding hydrogens is 480 g/mol. The number of aromatic nitrogens is 2. The Hall–Kier alpha value is -4.04. The van der Waals surface area contributed by atoms with Crippen molar-refractivity contribution < 1.29 is 19.7 Å². The Balaban J connectivity index is 1.17. The molecule has 0 amide bonds. The first kappa shape index (κ1) is 24.3. The lowest BCUT2D eigenvalue weighted by atomic mass is 10.0. The zero-order valence-electron chi connectivity index (χ0n) is 21.2. The predicted molar refractivity (Wildman–Crippen MR) is 145 cm³/mol. The Labute approximate surface area is 222 Å². The van der Waals surface area contributed by atoms with Crippen molar-refractivity contribution in [3.63, 3.8) is 0 Å². The molecule has 0 radical (unpaired) electrons. The van der Waals surface area contributed by atoms with Crippen molar-refractivity contribution in [3.05, 3.63) is 89.6 Å². The molecule has 1 aliphatic heterocycles. The molecule has 2 N–H and O–H groups in total. The number of fused-ring (bicyclic) bond motifs is 5. The second kappa shape index (κ2) is 10.4. The Bertz CT molecular complexity index is 1310. The number of ether oxygens (including phenoxy) is 1. The SMILES string of the molecule is O=C(C=Cc1ccccc1)OC(CN1CCN(c2ccccn2)CC1)Cn1c(O)c2c(c1O)[C@H]1C=CC2C1. The molecule has 0 spiro atoms. The molecule has 38 heavy (non-hydrogen) atoms. The summed E-state index contributed by atoms with van der Waals surface area (Å²) in [6, 6.07) is 15.5. The summed E-state index contributed by atoms with van der Waals surface area (Å²) >= 11 is 0. The minimum Gasteiger partial charge on any atom is -0.494 e. The molecular formula is C30H32N4O4. The highest BCUT2D eigenvalue weighted by molar-refractivity contribution is 5.87. The van der Waals surface area contributed by atoms with Gasteiger partial charge in [0.15, 0.2) is 11.8 Å². The minimum atomic E-state index is -0.556. The van der Waals surface area contributed by atoms with Crippen molar-refractivity contribution in [1.82, 2.24) is 14.5 Å². The number of carbonyl (C=O) groups is 1. The van der Waals surface area contributed by atoms with Crippen molar-refractivity contribution in [2.75, 3.05) is 37.6 Å². The van der Waals surface area contributed by atoms with Crippen LogP contribution < -0.4 is 4.90 Å². The Morgan fingerprint density at radius 2 is 1.63 bits per heavy atom. The van der Waals surface area contributed by atoms with Gasteiger partial charge in [-0.25, -0.2) is 9.78 Å². The van der Waals surface area contributed by atoms with E-state index in [1.807, 2.05) is 48.5 Å². The maximum Gasteiger partial charge on any atom is 0.331 e. The number of allylic oxidation sites excluding steroid dienone is 2. The fourth-order valence-corrected chi connectivity index (χ4v) is 5.92. The first-order valence-corrected chi connectivity index (χ1v) is 13.2. The fourth-order valence-electron chi connectivity index (χ4n) is 5.92. The molecule has 196 valence electrons. The highest BCUT2D eigenvalue weighted by atomic mass is 16.5. The van der Waals surface area contributed by atoms with Gasteiger partial charge in [-0.2, -0.15) is 0 Å². The average Bonchev–Trinajstić information content (AvgIpc) is 3.64. The number of nitrogens with zero attached hydrogens (tertiary/aromatic N) is 4. The van der Waals surface area contributed by atoms with E-state index in [0.29, 0.717) is 6.54 Å². The van der Waals surface area contributed by atoms with Gasteiger partial charge < -0.3 is 19.8 Å². The molecule has 3 atom stereocenters. The Morgan fingerprint density at radius 3 is 2.29 bits per heavy atom. The molecule has 2 aromatic heterocycles. The number of hydrogen-bond donors (Lipinski definition) is 2. The zero-order chi connectivity index (χ0) is 26.1. The molecule has 3 heterocycles. The van der Waals surface area contributed by atoms with E-state index in [1.165, 1.54) is 10.6 Å². The van der Waals surface area contributed by atoms with E-state index < -0.39 is 12.1 Å². The summed E-state index contributed by atoms with van der Waals surface area (Å²) in [5.41, 5.74) is 2.53. The quantitative estimate of drug-likeness (QED) is 0.269. The number of rotatable bonds is 8. The smallest absolute Gasteiger partial charge is 0.331 e. The second-order valence-electron chi connectivity index (χ2n) is 10.2. The van der Waals surface area contributed by atoms with Gasteiger partial charge >= 0.3 is 5.97 Å². The van der Waals surface area contributed by atoms with E-state index in [-0.39, 0.29) is 30.1 Å². The van der Waals surface area contributed by atoms with Crippen LogP contribution in [0, 0.1) is 0 Å². The van der Waals surface area contributed by atoms with Crippen molar-refractivity contribution in [3.8, 4) is 11.8 Å². The highest BCUT2D eigenvalue weighted by Crippen LogP contribution is 2.56. The number of benzene rings is 1. The predicted octanol–water partition coefficient (Wildman–Crippen LogP) is 3.88. The maximum atomic E-state index is 12.8. The van der Waals surface area contributed by atoms with Crippen LogP contribution >= 0.6 is 0 Å². The summed E-state index contributed by atoms with van der Waals surface area (Å²) in [4.78, 5) is 21.8. The van der Waals surface area contributed by atoms with Gasteiger partial charge in [-0.3, -0.25) is 9.47 Å². The lowest BCUT2D eigenvalue weighted by molar-refractivity contribution is -0.144. The van der Waals surface area contributed by atoms with Crippen LogP contribution in [-0.2, 0) is 16.1 Å². The zero-order valence-corrected chi connectivity index (χ0v) is 21.2. The third-order valence-corrected chi connectivity index (χ3v) is 7.80. The largest absolute Gasteiger partial charge is 0.494 e. The van der Waals surface area contributed by atoms with E-state index in [1.54, 1.807) is 12.3 Å². The van der Waals surface area contributed by atoms with Gasteiger partial charge in [-0.1, -0.05) is 48.6 Å². The molecule has 8 nitrogen and oxygen atoms in total. The summed E-state index contributed by atoms with van der Waals surface area (Å²) in [7, 11) is 0. The molecule has 0 saturated carbocycles. The topological polar surface area (TPSA) is 91.1 Å². The lowest BCUT2D eigenvalue weighted by Gasteiger charge is -2.36. The van der Waals surface area contributed by atoms with Crippen LogP contribution in [0.5, 0.6) is 11.8 Å². The Kier molecular flexibility index (Phi) is 6.64. The van der Waals surface area contributed by atoms with Gasteiger partial charge in [-0.05, 0) is 30.2 Å². The highest BCUT2D eigenvalue weighted by Gasteiger charge is 2.41. The Morgan fingerprint density at radius 1 is 0.947 bits per heavy atom. The fraction of sp³-hybridized carbons (Fsp3) is 0.333. The standard InChI is InChI=1S/C30H32N4O4/c35-26(12-9-21-6-2-1-3-7-21)38-24(19-32-14-16-33(17-15-32)25-8-4-5-13-31-25)20-34-29(36)27-22-10-11-23(18-22)28(27)30(34)37/h1-13,22-24,36-37H,14-20H2/t22-,23?,24?/m0/s1. The van der Waals surface area contributed by atoms with Gasteiger partial charge in [0.1, 0.15) is 11.9 Å². The van der Waals surface area contributed by atoms with Gasteiger partial charge in [0.05, 0.1) is 6.54 Å². The summed E-state index contributed by atoms with van der Waals surface area (Å²) in [5, 5.41) is 22.1. The molecule has 1 saturated heterocycles. The van der Waals surface area contributed by atoms with Crippen molar-refractivity contribution in [2.24, 2.45) is 0 Å². The lowest BCUT2D eigenvalue weighted by Crippen LogP contribution is -2.49. The van der Waals surface area contributed by atoms with Crippen LogP contribution in [0.1, 0.15) is 34.9 Å². The monoisotopic (exact) mass is 512 g/mol. The summed E-state index contributed by atoms with van der Waals surface area (Å²) in [6.07, 6.45) is 9.51.